The largest absolute Gasteiger partial charge is 0.496 e. The Bertz CT molecular complexity index is 804. The van der Waals surface area contributed by atoms with E-state index in [2.05, 4.69) is 5.32 Å². The summed E-state index contributed by atoms with van der Waals surface area (Å²) in [5.74, 6) is -0.128. The zero-order chi connectivity index (χ0) is 18.8. The van der Waals surface area contributed by atoms with Gasteiger partial charge in [-0.2, -0.15) is 0 Å². The van der Waals surface area contributed by atoms with Crippen molar-refractivity contribution >= 4 is 11.8 Å². The molecule has 0 unspecified atom stereocenters. The molecular weight excluding hydrogens is 330 g/mol. The second-order valence-electron chi connectivity index (χ2n) is 6.96. The average molecular weight is 355 g/mol. The van der Waals surface area contributed by atoms with Gasteiger partial charge in [-0.1, -0.05) is 18.2 Å². The first kappa shape index (κ1) is 18.2. The highest BCUT2D eigenvalue weighted by Gasteiger charge is 2.40. The number of rotatable bonds is 4. The molecule has 0 saturated carbocycles. The number of carbonyl (C=O) groups is 2. The van der Waals surface area contributed by atoms with Crippen molar-refractivity contribution in [1.29, 1.82) is 0 Å². The third-order valence-electron chi connectivity index (χ3n) is 4.79. The molecule has 5 nitrogen and oxygen atoms in total. The normalized spacial score (nSPS) is 20.0. The Hall–Kier alpha value is -2.56. The van der Waals surface area contributed by atoms with Crippen molar-refractivity contribution in [1.82, 2.24) is 5.32 Å². The second kappa shape index (κ2) is 7.36. The molecule has 0 aromatic heterocycles. The minimum Gasteiger partial charge on any atom is -0.496 e. The van der Waals surface area contributed by atoms with Crippen LogP contribution >= 0.6 is 0 Å². The molecule has 1 heterocycles. The summed E-state index contributed by atoms with van der Waals surface area (Å²) in [6.07, 6.45) is 1.88. The van der Waals surface area contributed by atoms with Crippen LogP contribution < -0.4 is 10.1 Å². The fraction of sp³-hybridized carbons (Fsp3) is 0.429. The number of allylic oxidation sites excluding steroid dienone is 3. The molecule has 0 bridgehead atoms. The Balaban J connectivity index is 2.19. The summed E-state index contributed by atoms with van der Waals surface area (Å²) in [6, 6.07) is 7.54. The van der Waals surface area contributed by atoms with Gasteiger partial charge in [-0.25, -0.2) is 4.79 Å². The lowest BCUT2D eigenvalue weighted by atomic mass is 9.75. The molecule has 26 heavy (non-hydrogen) atoms. The zero-order valence-corrected chi connectivity index (χ0v) is 15.7. The quantitative estimate of drug-likeness (QED) is 0.836. The van der Waals surface area contributed by atoms with Gasteiger partial charge in [0.15, 0.2) is 5.78 Å². The van der Waals surface area contributed by atoms with Gasteiger partial charge in [0.25, 0.3) is 0 Å². The van der Waals surface area contributed by atoms with E-state index in [0.29, 0.717) is 23.3 Å². The molecule has 0 amide bonds. The summed E-state index contributed by atoms with van der Waals surface area (Å²) in [5, 5.41) is 3.29. The van der Waals surface area contributed by atoms with Crippen molar-refractivity contribution in [2.45, 2.75) is 52.1 Å². The van der Waals surface area contributed by atoms with Crippen LogP contribution in [0.4, 0.5) is 0 Å². The molecule has 0 saturated heterocycles. The van der Waals surface area contributed by atoms with Crippen molar-refractivity contribution in [3.8, 4) is 5.75 Å². The molecule has 1 aliphatic heterocycles. The highest BCUT2D eigenvalue weighted by molar-refractivity contribution is 6.04. The van der Waals surface area contributed by atoms with E-state index in [1.54, 1.807) is 7.11 Å². The molecule has 138 valence electrons. The van der Waals surface area contributed by atoms with Crippen LogP contribution in [0.1, 0.15) is 51.5 Å². The molecule has 1 aromatic carbocycles. The van der Waals surface area contributed by atoms with Gasteiger partial charge in [0, 0.05) is 29.0 Å². The number of carbonyl (C=O) groups excluding carboxylic acids is 2. The van der Waals surface area contributed by atoms with Crippen LogP contribution in [0.15, 0.2) is 46.8 Å². The predicted octanol–water partition coefficient (Wildman–Crippen LogP) is 3.61. The number of Topliss-reactive ketones (excluding diaryl/α,β-unsaturated/α-hetero) is 1. The molecule has 3 rings (SSSR count). The SMILES string of the molecule is COc1ccccc1[C@@H]1C(C(=O)OC(C)C)=C(C)NC2=C1C(=O)CCC2. The lowest BCUT2D eigenvalue weighted by molar-refractivity contribution is -0.143. The van der Waals surface area contributed by atoms with E-state index in [1.165, 1.54) is 0 Å². The van der Waals surface area contributed by atoms with Crippen LogP contribution in [0.3, 0.4) is 0 Å². The van der Waals surface area contributed by atoms with Gasteiger partial charge in [-0.05, 0) is 39.7 Å². The van der Waals surface area contributed by atoms with E-state index >= 15 is 0 Å². The lowest BCUT2D eigenvalue weighted by Crippen LogP contribution is -2.35. The molecular formula is C21H25NO4. The van der Waals surface area contributed by atoms with E-state index < -0.39 is 11.9 Å². The van der Waals surface area contributed by atoms with Gasteiger partial charge in [-0.3, -0.25) is 4.79 Å². The Labute approximate surface area is 154 Å². The van der Waals surface area contributed by atoms with Gasteiger partial charge < -0.3 is 14.8 Å². The van der Waals surface area contributed by atoms with E-state index in [9.17, 15) is 9.59 Å². The van der Waals surface area contributed by atoms with Gasteiger partial charge in [0.05, 0.1) is 24.7 Å². The first-order chi connectivity index (χ1) is 12.4. The van der Waals surface area contributed by atoms with E-state index in [1.807, 2.05) is 45.0 Å². The Kier molecular flexibility index (Phi) is 5.16. The number of ketones is 1. The zero-order valence-electron chi connectivity index (χ0n) is 15.7. The number of methoxy groups -OCH3 is 1. The summed E-state index contributed by atoms with van der Waals surface area (Å²) in [7, 11) is 1.60. The molecule has 0 radical (unpaired) electrons. The van der Waals surface area contributed by atoms with Crippen molar-refractivity contribution < 1.29 is 19.1 Å². The average Bonchev–Trinajstić information content (AvgIpc) is 2.60. The van der Waals surface area contributed by atoms with Crippen LogP contribution in [0, 0.1) is 0 Å². The van der Waals surface area contributed by atoms with Crippen molar-refractivity contribution in [2.75, 3.05) is 7.11 Å². The van der Waals surface area contributed by atoms with Gasteiger partial charge >= 0.3 is 5.97 Å². The van der Waals surface area contributed by atoms with Crippen LogP contribution in [0.25, 0.3) is 0 Å². The highest BCUT2D eigenvalue weighted by atomic mass is 16.5. The van der Waals surface area contributed by atoms with Gasteiger partial charge in [0.1, 0.15) is 5.75 Å². The lowest BCUT2D eigenvalue weighted by Gasteiger charge is -2.34. The number of nitrogens with one attached hydrogen (secondary N) is 1. The molecule has 0 spiro atoms. The number of ether oxygens (including phenoxy) is 2. The molecule has 1 N–H and O–H groups in total. The van der Waals surface area contributed by atoms with Crippen LogP contribution in [0.5, 0.6) is 5.75 Å². The monoisotopic (exact) mass is 355 g/mol. The maximum absolute atomic E-state index is 12.9. The summed E-state index contributed by atoms with van der Waals surface area (Å²) in [4.78, 5) is 25.7. The van der Waals surface area contributed by atoms with Crippen LogP contribution in [-0.2, 0) is 14.3 Å². The Morgan fingerprint density at radius 2 is 1.96 bits per heavy atom. The van der Waals surface area contributed by atoms with Crippen LogP contribution in [-0.4, -0.2) is 25.0 Å². The summed E-state index contributed by atoms with van der Waals surface area (Å²) in [5.41, 5.74) is 3.62. The molecule has 1 atom stereocenters. The van der Waals surface area contributed by atoms with Crippen molar-refractivity contribution in [3.63, 3.8) is 0 Å². The second-order valence-corrected chi connectivity index (χ2v) is 6.96. The number of hydrogen-bond acceptors (Lipinski definition) is 5. The summed E-state index contributed by atoms with van der Waals surface area (Å²) >= 11 is 0. The van der Waals surface area contributed by atoms with E-state index in [-0.39, 0.29) is 11.9 Å². The topological polar surface area (TPSA) is 64.6 Å². The maximum atomic E-state index is 12.9. The van der Waals surface area contributed by atoms with Gasteiger partial charge in [-0.15, -0.1) is 0 Å². The smallest absolute Gasteiger partial charge is 0.337 e. The Morgan fingerprint density at radius 1 is 1.23 bits per heavy atom. The van der Waals surface area contributed by atoms with E-state index in [0.717, 1.165) is 29.8 Å². The first-order valence-corrected chi connectivity index (χ1v) is 9.02. The molecule has 2 aliphatic rings. The van der Waals surface area contributed by atoms with E-state index in [4.69, 9.17) is 9.47 Å². The molecule has 1 aliphatic carbocycles. The molecule has 5 heteroatoms. The number of hydrogen-bond donors (Lipinski definition) is 1. The van der Waals surface area contributed by atoms with Crippen molar-refractivity contribution in [2.24, 2.45) is 0 Å². The third kappa shape index (κ3) is 3.26. The van der Waals surface area contributed by atoms with Crippen molar-refractivity contribution in [3.05, 3.63) is 52.4 Å². The number of benzene rings is 1. The highest BCUT2D eigenvalue weighted by Crippen LogP contribution is 2.45. The number of esters is 1. The fourth-order valence-corrected chi connectivity index (χ4v) is 3.75. The third-order valence-corrected chi connectivity index (χ3v) is 4.79. The summed E-state index contributed by atoms with van der Waals surface area (Å²) in [6.45, 7) is 5.50. The van der Waals surface area contributed by atoms with Gasteiger partial charge in [0.2, 0.25) is 0 Å². The summed E-state index contributed by atoms with van der Waals surface area (Å²) < 4.78 is 11.0. The minimum absolute atomic E-state index is 0.0806. The standard InChI is InChI=1S/C21H25NO4/c1-12(2)26-21(24)18-13(3)22-15-9-7-10-16(23)20(15)19(18)14-8-5-6-11-17(14)25-4/h5-6,8,11-12,19,22H,7,9-10H2,1-4H3/t19-/m1/s1. The fourth-order valence-electron chi connectivity index (χ4n) is 3.75. The number of dihydropyridines is 1. The Morgan fingerprint density at radius 3 is 2.65 bits per heavy atom. The minimum atomic E-state index is -0.471. The maximum Gasteiger partial charge on any atom is 0.337 e. The molecule has 1 aromatic rings. The number of para-hydroxylation sites is 1. The predicted molar refractivity (Wildman–Crippen MR) is 98.7 cm³/mol. The molecule has 0 fully saturated rings. The first-order valence-electron chi connectivity index (χ1n) is 9.02. The van der Waals surface area contributed by atoms with Crippen LogP contribution in [0.2, 0.25) is 0 Å².